The van der Waals surface area contributed by atoms with Crippen LogP contribution in [0.1, 0.15) is 29.3 Å². The lowest BCUT2D eigenvalue weighted by Crippen LogP contribution is -2.24. The van der Waals surface area contributed by atoms with Crippen molar-refractivity contribution >= 4 is 46.6 Å². The van der Waals surface area contributed by atoms with Gasteiger partial charge in [-0.25, -0.2) is 0 Å². The Bertz CT molecular complexity index is 1120. The molecule has 0 aliphatic carbocycles. The summed E-state index contributed by atoms with van der Waals surface area (Å²) in [6, 6.07) is 20.1. The van der Waals surface area contributed by atoms with E-state index >= 15 is 0 Å². The van der Waals surface area contributed by atoms with Crippen LogP contribution < -0.4 is 15.4 Å². The summed E-state index contributed by atoms with van der Waals surface area (Å²) in [5.41, 5.74) is 2.84. The molecule has 7 heteroatoms. The minimum atomic E-state index is -0.307. The molecule has 3 aromatic carbocycles. The van der Waals surface area contributed by atoms with E-state index in [1.54, 1.807) is 31.4 Å². The van der Waals surface area contributed by atoms with Gasteiger partial charge in [0.2, 0.25) is 5.91 Å². The second kappa shape index (κ2) is 11.1. The number of amides is 2. The first kappa shape index (κ1) is 23.7. The highest BCUT2D eigenvalue weighted by Gasteiger charge is 2.19. The van der Waals surface area contributed by atoms with Crippen LogP contribution >= 0.6 is 23.4 Å². The lowest BCUT2D eigenvalue weighted by atomic mass is 10.1. The Morgan fingerprint density at radius 1 is 1.00 bits per heavy atom. The molecule has 5 nitrogen and oxygen atoms in total. The van der Waals surface area contributed by atoms with Crippen molar-refractivity contribution in [1.29, 1.82) is 0 Å². The van der Waals surface area contributed by atoms with Gasteiger partial charge in [-0.2, -0.15) is 0 Å². The zero-order valence-electron chi connectivity index (χ0n) is 18.1. The smallest absolute Gasteiger partial charge is 0.255 e. The molecule has 166 valence electrons. The topological polar surface area (TPSA) is 67.4 Å². The van der Waals surface area contributed by atoms with Crippen LogP contribution in [-0.4, -0.2) is 24.2 Å². The van der Waals surface area contributed by atoms with Gasteiger partial charge in [-0.15, -0.1) is 11.8 Å². The minimum absolute atomic E-state index is 0.118. The van der Waals surface area contributed by atoms with Crippen LogP contribution in [0.15, 0.2) is 71.6 Å². The first-order chi connectivity index (χ1) is 15.4. The summed E-state index contributed by atoms with van der Waals surface area (Å²) in [4.78, 5) is 26.3. The second-order valence-corrected chi connectivity index (χ2v) is 8.83. The Hall–Kier alpha value is -2.96. The monoisotopic (exact) mass is 468 g/mol. The number of rotatable bonds is 8. The number of nitrogens with one attached hydrogen (secondary N) is 2. The molecule has 0 heterocycles. The summed E-state index contributed by atoms with van der Waals surface area (Å²) >= 11 is 7.60. The average Bonchev–Trinajstić information content (AvgIpc) is 2.78. The largest absolute Gasteiger partial charge is 0.495 e. The summed E-state index contributed by atoms with van der Waals surface area (Å²) < 4.78 is 5.15. The van der Waals surface area contributed by atoms with E-state index in [1.165, 1.54) is 11.8 Å². The number of hydrogen-bond acceptors (Lipinski definition) is 4. The molecule has 2 N–H and O–H groups in total. The molecule has 0 fully saturated rings. The number of ether oxygens (including phenoxy) is 1. The first-order valence-corrected chi connectivity index (χ1v) is 11.4. The van der Waals surface area contributed by atoms with Crippen LogP contribution in [0.5, 0.6) is 5.75 Å². The highest BCUT2D eigenvalue weighted by Crippen LogP contribution is 2.30. The van der Waals surface area contributed by atoms with E-state index in [0.717, 1.165) is 10.5 Å². The lowest BCUT2D eigenvalue weighted by Gasteiger charge is -2.16. The van der Waals surface area contributed by atoms with Crippen molar-refractivity contribution in [2.24, 2.45) is 0 Å². The summed E-state index contributed by atoms with van der Waals surface area (Å²) in [6.45, 7) is 3.86. The van der Waals surface area contributed by atoms with E-state index < -0.39 is 0 Å². The number of aryl methyl sites for hydroxylation is 1. The fraction of sp³-hybridized carbons (Fsp3) is 0.200. The SMILES string of the molecule is CCC(Sc1cccc(NC(=O)c2ccccc2C)c1)C(=O)Nc1ccc(OC)c(Cl)c1. The number of halogens is 1. The number of methoxy groups -OCH3 is 1. The molecule has 3 aromatic rings. The fourth-order valence-corrected chi connectivity index (χ4v) is 4.40. The van der Waals surface area contributed by atoms with E-state index in [-0.39, 0.29) is 17.1 Å². The van der Waals surface area contributed by atoms with Gasteiger partial charge in [0.05, 0.1) is 17.4 Å². The molecule has 0 bridgehead atoms. The van der Waals surface area contributed by atoms with Gasteiger partial charge in [0.15, 0.2) is 0 Å². The molecule has 1 unspecified atom stereocenters. The van der Waals surface area contributed by atoms with Gasteiger partial charge in [0, 0.05) is 21.8 Å². The Morgan fingerprint density at radius 2 is 1.75 bits per heavy atom. The zero-order chi connectivity index (χ0) is 23.1. The van der Waals surface area contributed by atoms with Gasteiger partial charge >= 0.3 is 0 Å². The van der Waals surface area contributed by atoms with Crippen LogP contribution in [0.25, 0.3) is 0 Å². The van der Waals surface area contributed by atoms with Crippen molar-refractivity contribution in [1.82, 2.24) is 0 Å². The highest BCUT2D eigenvalue weighted by molar-refractivity contribution is 8.00. The number of thioether (sulfide) groups is 1. The summed E-state index contributed by atoms with van der Waals surface area (Å²) in [5, 5.41) is 5.97. The van der Waals surface area contributed by atoms with E-state index in [0.29, 0.717) is 34.1 Å². The lowest BCUT2D eigenvalue weighted by molar-refractivity contribution is -0.115. The number of carbonyl (C=O) groups is 2. The molecular formula is C25H25ClN2O3S. The third-order valence-electron chi connectivity index (χ3n) is 4.84. The molecule has 1 atom stereocenters. The zero-order valence-corrected chi connectivity index (χ0v) is 19.7. The average molecular weight is 469 g/mol. The van der Waals surface area contributed by atoms with Gasteiger partial charge in [0.1, 0.15) is 5.75 Å². The van der Waals surface area contributed by atoms with Gasteiger partial charge in [-0.3, -0.25) is 9.59 Å². The van der Waals surface area contributed by atoms with E-state index in [1.807, 2.05) is 56.3 Å². The first-order valence-electron chi connectivity index (χ1n) is 10.2. The minimum Gasteiger partial charge on any atom is -0.495 e. The van der Waals surface area contributed by atoms with Crippen molar-refractivity contribution in [3.05, 3.63) is 82.9 Å². The van der Waals surface area contributed by atoms with Crippen molar-refractivity contribution in [3.8, 4) is 5.75 Å². The van der Waals surface area contributed by atoms with Crippen molar-refractivity contribution in [2.45, 2.75) is 30.4 Å². The van der Waals surface area contributed by atoms with Crippen molar-refractivity contribution in [2.75, 3.05) is 17.7 Å². The van der Waals surface area contributed by atoms with Crippen molar-refractivity contribution in [3.63, 3.8) is 0 Å². The predicted molar refractivity (Wildman–Crippen MR) is 132 cm³/mol. The fourth-order valence-electron chi connectivity index (χ4n) is 3.13. The maximum atomic E-state index is 12.8. The molecule has 0 spiro atoms. The summed E-state index contributed by atoms with van der Waals surface area (Å²) in [5.74, 6) is 0.273. The molecular weight excluding hydrogens is 444 g/mol. The van der Waals surface area contributed by atoms with Crippen LogP contribution in [0.2, 0.25) is 5.02 Å². The highest BCUT2D eigenvalue weighted by atomic mass is 35.5. The molecule has 0 aliphatic rings. The van der Waals surface area contributed by atoms with E-state index in [2.05, 4.69) is 10.6 Å². The molecule has 2 amide bonds. The Kier molecular flexibility index (Phi) is 8.20. The second-order valence-electron chi connectivity index (χ2n) is 7.15. The number of carbonyl (C=O) groups excluding carboxylic acids is 2. The predicted octanol–water partition coefficient (Wildman–Crippen LogP) is 6.42. The molecule has 0 radical (unpaired) electrons. The summed E-state index contributed by atoms with van der Waals surface area (Å²) in [7, 11) is 1.54. The standard InChI is InChI=1S/C25H25ClN2O3S/c1-4-23(25(30)28-18-12-13-22(31-3)21(26)15-18)32-19-10-7-9-17(14-19)27-24(29)20-11-6-5-8-16(20)2/h5-15,23H,4H2,1-3H3,(H,27,29)(H,28,30). The van der Waals surface area contributed by atoms with Gasteiger partial charge in [0.25, 0.3) is 5.91 Å². The van der Waals surface area contributed by atoms with Crippen molar-refractivity contribution < 1.29 is 14.3 Å². The van der Waals surface area contributed by atoms with Gasteiger partial charge < -0.3 is 15.4 Å². The molecule has 3 rings (SSSR count). The van der Waals surface area contributed by atoms with Crippen LogP contribution in [0.3, 0.4) is 0 Å². The van der Waals surface area contributed by atoms with Gasteiger partial charge in [-0.05, 0) is 61.4 Å². The Labute approximate surface area is 197 Å². The van der Waals surface area contributed by atoms with E-state index in [9.17, 15) is 9.59 Å². The quantitative estimate of drug-likeness (QED) is 0.374. The number of hydrogen-bond donors (Lipinski definition) is 2. The third-order valence-corrected chi connectivity index (χ3v) is 6.50. The van der Waals surface area contributed by atoms with Gasteiger partial charge in [-0.1, -0.05) is 42.8 Å². The Balaban J connectivity index is 1.67. The maximum Gasteiger partial charge on any atom is 0.255 e. The van der Waals surface area contributed by atoms with Crippen LogP contribution in [0.4, 0.5) is 11.4 Å². The van der Waals surface area contributed by atoms with Crippen LogP contribution in [-0.2, 0) is 4.79 Å². The Morgan fingerprint density at radius 3 is 2.44 bits per heavy atom. The maximum absolute atomic E-state index is 12.8. The molecule has 0 saturated heterocycles. The normalized spacial score (nSPS) is 11.5. The summed E-state index contributed by atoms with van der Waals surface area (Å²) in [6.07, 6.45) is 0.639. The molecule has 0 aliphatic heterocycles. The number of benzene rings is 3. The number of anilines is 2. The molecule has 0 saturated carbocycles. The molecule has 0 aromatic heterocycles. The van der Waals surface area contributed by atoms with Crippen LogP contribution in [0, 0.1) is 6.92 Å². The third kappa shape index (κ3) is 6.05. The molecule has 32 heavy (non-hydrogen) atoms. The van der Waals surface area contributed by atoms with E-state index in [4.69, 9.17) is 16.3 Å².